The maximum Gasteiger partial charge on any atom is 0.307 e. The van der Waals surface area contributed by atoms with Crippen LogP contribution in [0.1, 0.15) is 12.0 Å². The summed E-state index contributed by atoms with van der Waals surface area (Å²) in [5.74, 6) is -0.475. The molecular formula is C14H18N2O3. The van der Waals surface area contributed by atoms with Crippen molar-refractivity contribution in [3.8, 4) is 0 Å². The highest BCUT2D eigenvalue weighted by molar-refractivity contribution is 5.87. The lowest BCUT2D eigenvalue weighted by atomic mass is 10.1. The van der Waals surface area contributed by atoms with E-state index in [2.05, 4.69) is 10.6 Å². The molecule has 0 unspecified atom stereocenters. The van der Waals surface area contributed by atoms with Crippen molar-refractivity contribution in [3.05, 3.63) is 35.9 Å². The highest BCUT2D eigenvalue weighted by Gasteiger charge is 2.24. The molecule has 0 spiro atoms. The van der Waals surface area contributed by atoms with Crippen molar-refractivity contribution in [2.45, 2.75) is 18.9 Å². The minimum Gasteiger partial charge on any atom is -0.465 e. The van der Waals surface area contributed by atoms with Crippen molar-refractivity contribution >= 4 is 11.9 Å². The molecular weight excluding hydrogens is 244 g/mol. The molecule has 1 aliphatic heterocycles. The van der Waals surface area contributed by atoms with Gasteiger partial charge in [0.1, 0.15) is 0 Å². The van der Waals surface area contributed by atoms with Gasteiger partial charge in [-0.2, -0.15) is 0 Å². The SMILES string of the molecule is O=C(C[C@H]1NCCNC1=O)OCCc1ccccc1. The summed E-state index contributed by atoms with van der Waals surface area (Å²) in [7, 11) is 0. The maximum absolute atomic E-state index is 11.6. The quantitative estimate of drug-likeness (QED) is 0.747. The second kappa shape index (κ2) is 6.89. The van der Waals surface area contributed by atoms with Crippen LogP contribution < -0.4 is 10.6 Å². The van der Waals surface area contributed by atoms with Crippen molar-refractivity contribution in [1.29, 1.82) is 0 Å². The predicted octanol–water partition coefficient (Wildman–Crippen LogP) is 0.250. The van der Waals surface area contributed by atoms with Gasteiger partial charge in [-0.1, -0.05) is 30.3 Å². The van der Waals surface area contributed by atoms with Gasteiger partial charge < -0.3 is 15.4 Å². The number of ether oxygens (including phenoxy) is 1. The van der Waals surface area contributed by atoms with Crippen molar-refractivity contribution in [1.82, 2.24) is 10.6 Å². The number of hydrogen-bond donors (Lipinski definition) is 2. The van der Waals surface area contributed by atoms with Crippen LogP contribution in [0.4, 0.5) is 0 Å². The molecule has 0 bridgehead atoms. The third-order valence-corrected chi connectivity index (χ3v) is 3.00. The monoisotopic (exact) mass is 262 g/mol. The predicted molar refractivity (Wildman–Crippen MR) is 70.5 cm³/mol. The van der Waals surface area contributed by atoms with Gasteiger partial charge in [0.25, 0.3) is 0 Å². The van der Waals surface area contributed by atoms with E-state index in [9.17, 15) is 9.59 Å². The summed E-state index contributed by atoms with van der Waals surface area (Å²) in [6.45, 7) is 1.64. The van der Waals surface area contributed by atoms with Crippen molar-refractivity contribution in [2.75, 3.05) is 19.7 Å². The highest BCUT2D eigenvalue weighted by Crippen LogP contribution is 2.02. The Hall–Kier alpha value is -1.88. The number of esters is 1. The molecule has 5 nitrogen and oxygen atoms in total. The van der Waals surface area contributed by atoms with Crippen LogP contribution in [0, 0.1) is 0 Å². The number of carbonyl (C=O) groups is 2. The van der Waals surface area contributed by atoms with Crippen LogP contribution >= 0.6 is 0 Å². The van der Waals surface area contributed by atoms with Crippen LogP contribution in [0.5, 0.6) is 0 Å². The molecule has 1 atom stereocenters. The molecule has 0 saturated carbocycles. The van der Waals surface area contributed by atoms with Crippen LogP contribution in [0.3, 0.4) is 0 Å². The number of rotatable bonds is 5. The summed E-state index contributed by atoms with van der Waals surface area (Å²) in [5, 5.41) is 5.71. The number of hydrogen-bond acceptors (Lipinski definition) is 4. The van der Waals surface area contributed by atoms with Crippen molar-refractivity contribution in [2.24, 2.45) is 0 Å². The molecule has 1 saturated heterocycles. The molecule has 1 amide bonds. The Balaban J connectivity index is 1.68. The number of piperazine rings is 1. The van der Waals surface area contributed by atoms with Crippen molar-refractivity contribution < 1.29 is 14.3 Å². The van der Waals surface area contributed by atoms with E-state index in [1.807, 2.05) is 30.3 Å². The van der Waals surface area contributed by atoms with Crippen LogP contribution in [0.25, 0.3) is 0 Å². The zero-order chi connectivity index (χ0) is 13.5. The van der Waals surface area contributed by atoms with E-state index in [1.54, 1.807) is 0 Å². The van der Waals surface area contributed by atoms with E-state index in [0.717, 1.165) is 5.56 Å². The van der Waals surface area contributed by atoms with Gasteiger partial charge in [0.15, 0.2) is 0 Å². The fourth-order valence-corrected chi connectivity index (χ4v) is 1.97. The molecule has 1 fully saturated rings. The lowest BCUT2D eigenvalue weighted by Gasteiger charge is -2.22. The third kappa shape index (κ3) is 4.37. The Morgan fingerprint density at radius 1 is 1.26 bits per heavy atom. The Labute approximate surface area is 112 Å². The van der Waals surface area contributed by atoms with Gasteiger partial charge in [0.2, 0.25) is 5.91 Å². The van der Waals surface area contributed by atoms with Crippen LogP contribution in [-0.2, 0) is 20.7 Å². The summed E-state index contributed by atoms with van der Waals surface area (Å²) in [6.07, 6.45) is 0.775. The van der Waals surface area contributed by atoms with E-state index in [-0.39, 0.29) is 18.3 Å². The van der Waals surface area contributed by atoms with E-state index < -0.39 is 6.04 Å². The molecule has 5 heteroatoms. The maximum atomic E-state index is 11.6. The first kappa shape index (κ1) is 13.5. The minimum atomic E-state index is -0.460. The lowest BCUT2D eigenvalue weighted by Crippen LogP contribution is -2.53. The van der Waals surface area contributed by atoms with E-state index in [4.69, 9.17) is 4.74 Å². The molecule has 0 radical (unpaired) electrons. The van der Waals surface area contributed by atoms with E-state index >= 15 is 0 Å². The van der Waals surface area contributed by atoms with Gasteiger partial charge in [-0.3, -0.25) is 9.59 Å². The Bertz CT molecular complexity index is 434. The second-order valence-corrected chi connectivity index (χ2v) is 4.46. The second-order valence-electron chi connectivity index (χ2n) is 4.46. The van der Waals surface area contributed by atoms with Gasteiger partial charge in [-0.15, -0.1) is 0 Å². The smallest absolute Gasteiger partial charge is 0.307 e. The molecule has 1 aromatic rings. The fraction of sp³-hybridized carbons (Fsp3) is 0.429. The summed E-state index contributed by atoms with van der Waals surface area (Å²) in [4.78, 5) is 23.0. The number of amides is 1. The number of benzene rings is 1. The summed E-state index contributed by atoms with van der Waals surface area (Å²) in [6, 6.07) is 9.37. The van der Waals surface area contributed by atoms with Gasteiger partial charge >= 0.3 is 5.97 Å². The Morgan fingerprint density at radius 3 is 2.79 bits per heavy atom. The summed E-state index contributed by atoms with van der Waals surface area (Å²) >= 11 is 0. The fourth-order valence-electron chi connectivity index (χ4n) is 1.97. The van der Waals surface area contributed by atoms with E-state index in [0.29, 0.717) is 26.1 Å². The molecule has 1 aromatic carbocycles. The van der Waals surface area contributed by atoms with Crippen LogP contribution in [-0.4, -0.2) is 37.6 Å². The molecule has 19 heavy (non-hydrogen) atoms. The third-order valence-electron chi connectivity index (χ3n) is 3.00. The molecule has 2 N–H and O–H groups in total. The summed E-state index contributed by atoms with van der Waals surface area (Å²) < 4.78 is 5.14. The van der Waals surface area contributed by atoms with Gasteiger partial charge in [-0.05, 0) is 5.56 Å². The van der Waals surface area contributed by atoms with Crippen LogP contribution in [0.2, 0.25) is 0 Å². The zero-order valence-electron chi connectivity index (χ0n) is 10.7. The Kier molecular flexibility index (Phi) is 4.92. The van der Waals surface area contributed by atoms with E-state index in [1.165, 1.54) is 0 Å². The lowest BCUT2D eigenvalue weighted by molar-refractivity contribution is -0.146. The molecule has 1 heterocycles. The van der Waals surface area contributed by atoms with Gasteiger partial charge in [0, 0.05) is 19.5 Å². The first-order chi connectivity index (χ1) is 9.25. The molecule has 0 aliphatic carbocycles. The average molecular weight is 262 g/mol. The topological polar surface area (TPSA) is 67.4 Å². The molecule has 102 valence electrons. The average Bonchev–Trinajstić information content (AvgIpc) is 2.43. The number of nitrogens with one attached hydrogen (secondary N) is 2. The molecule has 1 aliphatic rings. The first-order valence-corrected chi connectivity index (χ1v) is 6.46. The van der Waals surface area contributed by atoms with Crippen LogP contribution in [0.15, 0.2) is 30.3 Å². The standard InChI is InChI=1S/C14H18N2O3/c17-13(10-12-14(18)16-8-7-15-12)19-9-6-11-4-2-1-3-5-11/h1-5,12,15H,6-10H2,(H,16,18)/t12-/m1/s1. The highest BCUT2D eigenvalue weighted by atomic mass is 16.5. The molecule has 2 rings (SSSR count). The minimum absolute atomic E-state index is 0.0840. The van der Waals surface area contributed by atoms with Crippen molar-refractivity contribution in [3.63, 3.8) is 0 Å². The van der Waals surface area contributed by atoms with Gasteiger partial charge in [0.05, 0.1) is 19.1 Å². The summed E-state index contributed by atoms with van der Waals surface area (Å²) in [5.41, 5.74) is 1.13. The zero-order valence-corrected chi connectivity index (χ0v) is 10.7. The number of carbonyl (C=O) groups excluding carboxylic acids is 2. The largest absolute Gasteiger partial charge is 0.465 e. The Morgan fingerprint density at radius 2 is 2.05 bits per heavy atom. The first-order valence-electron chi connectivity index (χ1n) is 6.46. The van der Waals surface area contributed by atoms with Gasteiger partial charge in [-0.25, -0.2) is 0 Å². The molecule has 0 aromatic heterocycles. The normalized spacial score (nSPS) is 18.7.